The van der Waals surface area contributed by atoms with Crippen LogP contribution in [0.2, 0.25) is 0 Å². The number of ether oxygens (including phenoxy) is 2. The Morgan fingerprint density at radius 1 is 1.50 bits per heavy atom. The SMILES string of the molecule is CC.CC1(C)OCC(N=[N+]=[N-])O1. The van der Waals surface area contributed by atoms with Crippen LogP contribution in [-0.4, -0.2) is 18.6 Å². The summed E-state index contributed by atoms with van der Waals surface area (Å²) in [4.78, 5) is 2.60. The molecule has 0 N–H and O–H groups in total. The molecule has 0 radical (unpaired) electrons. The molecule has 1 aliphatic rings. The fourth-order valence-corrected chi connectivity index (χ4v) is 0.782. The lowest BCUT2D eigenvalue weighted by Crippen LogP contribution is -2.20. The molecule has 1 heterocycles. The van der Waals surface area contributed by atoms with Crippen molar-refractivity contribution in [2.75, 3.05) is 6.61 Å². The molecule has 1 aliphatic heterocycles. The highest BCUT2D eigenvalue weighted by atomic mass is 16.7. The van der Waals surface area contributed by atoms with Crippen LogP contribution in [-0.2, 0) is 9.47 Å². The molecule has 12 heavy (non-hydrogen) atoms. The molecule has 0 spiro atoms. The van der Waals surface area contributed by atoms with Gasteiger partial charge in [-0.15, -0.1) is 0 Å². The lowest BCUT2D eigenvalue weighted by atomic mass is 10.4. The van der Waals surface area contributed by atoms with Crippen molar-refractivity contribution in [3.05, 3.63) is 10.4 Å². The summed E-state index contributed by atoms with van der Waals surface area (Å²) in [5, 5.41) is 3.35. The van der Waals surface area contributed by atoms with Crippen LogP contribution in [0.1, 0.15) is 27.7 Å². The third kappa shape index (κ3) is 3.57. The second kappa shape index (κ2) is 4.98. The van der Waals surface area contributed by atoms with Gasteiger partial charge in [0.1, 0.15) is 0 Å². The fourth-order valence-electron chi connectivity index (χ4n) is 0.782. The van der Waals surface area contributed by atoms with Crippen molar-refractivity contribution in [2.45, 2.75) is 39.7 Å². The van der Waals surface area contributed by atoms with E-state index in [4.69, 9.17) is 15.0 Å². The van der Waals surface area contributed by atoms with Crippen molar-refractivity contribution >= 4 is 0 Å². The zero-order valence-electron chi connectivity index (χ0n) is 7.94. The van der Waals surface area contributed by atoms with Crippen LogP contribution in [0.4, 0.5) is 0 Å². The van der Waals surface area contributed by atoms with E-state index >= 15 is 0 Å². The first-order chi connectivity index (χ1) is 5.64. The van der Waals surface area contributed by atoms with Crippen LogP contribution >= 0.6 is 0 Å². The summed E-state index contributed by atoms with van der Waals surface area (Å²) >= 11 is 0. The molecule has 0 saturated carbocycles. The number of hydrogen-bond donors (Lipinski definition) is 0. The molecular weight excluding hydrogens is 158 g/mol. The van der Waals surface area contributed by atoms with Gasteiger partial charge in [0.15, 0.2) is 12.0 Å². The zero-order valence-corrected chi connectivity index (χ0v) is 7.94. The van der Waals surface area contributed by atoms with E-state index in [1.807, 2.05) is 13.8 Å². The molecule has 0 aromatic heterocycles. The summed E-state index contributed by atoms with van der Waals surface area (Å²) in [7, 11) is 0. The Labute approximate surface area is 72.3 Å². The van der Waals surface area contributed by atoms with E-state index < -0.39 is 12.0 Å². The van der Waals surface area contributed by atoms with E-state index in [-0.39, 0.29) is 0 Å². The highest BCUT2D eigenvalue weighted by Gasteiger charge is 2.31. The van der Waals surface area contributed by atoms with Gasteiger partial charge in [0.2, 0.25) is 0 Å². The Balaban J connectivity index is 0.000000561. The van der Waals surface area contributed by atoms with Crippen LogP contribution in [0.3, 0.4) is 0 Å². The van der Waals surface area contributed by atoms with Gasteiger partial charge in [0, 0.05) is 4.91 Å². The van der Waals surface area contributed by atoms with Crippen LogP contribution < -0.4 is 0 Å². The van der Waals surface area contributed by atoms with E-state index in [1.54, 1.807) is 13.8 Å². The van der Waals surface area contributed by atoms with Crippen LogP contribution in [0.15, 0.2) is 5.11 Å². The first-order valence-electron chi connectivity index (χ1n) is 4.00. The van der Waals surface area contributed by atoms with Gasteiger partial charge < -0.3 is 9.47 Å². The molecule has 1 unspecified atom stereocenters. The summed E-state index contributed by atoms with van der Waals surface area (Å²) in [6.45, 7) is 7.90. The quantitative estimate of drug-likeness (QED) is 0.347. The van der Waals surface area contributed by atoms with Crippen molar-refractivity contribution in [3.8, 4) is 0 Å². The first-order valence-corrected chi connectivity index (χ1v) is 4.00. The molecule has 0 aromatic rings. The van der Waals surface area contributed by atoms with E-state index in [1.165, 1.54) is 0 Å². The van der Waals surface area contributed by atoms with E-state index in [0.717, 1.165) is 0 Å². The Kier molecular flexibility index (Phi) is 4.66. The van der Waals surface area contributed by atoms with Gasteiger partial charge in [-0.1, -0.05) is 19.0 Å². The summed E-state index contributed by atoms with van der Waals surface area (Å²) in [6, 6.07) is 0. The average molecular weight is 173 g/mol. The molecule has 1 atom stereocenters. The van der Waals surface area contributed by atoms with Crippen molar-refractivity contribution < 1.29 is 9.47 Å². The average Bonchev–Trinajstić information content (AvgIpc) is 2.35. The van der Waals surface area contributed by atoms with Gasteiger partial charge in [0.05, 0.1) is 6.61 Å². The minimum atomic E-state index is -0.598. The highest BCUT2D eigenvalue weighted by molar-refractivity contribution is 4.68. The molecule has 0 bridgehead atoms. The summed E-state index contributed by atoms with van der Waals surface area (Å²) < 4.78 is 10.3. The standard InChI is InChI=1S/C5H9N3O2.C2H6/c1-5(2)9-3-4(10-5)7-8-6;1-2/h4H,3H2,1-2H3;1-2H3. The Hall–Kier alpha value is -0.770. The monoisotopic (exact) mass is 173 g/mol. The molecule has 1 fully saturated rings. The lowest BCUT2D eigenvalue weighted by molar-refractivity contribution is -0.137. The maximum atomic E-state index is 8.02. The van der Waals surface area contributed by atoms with E-state index in [2.05, 4.69) is 10.0 Å². The van der Waals surface area contributed by atoms with Crippen molar-refractivity contribution in [1.29, 1.82) is 0 Å². The third-order valence-electron chi connectivity index (χ3n) is 1.17. The summed E-state index contributed by atoms with van der Waals surface area (Å²) in [5.41, 5.74) is 8.02. The number of hydrogen-bond acceptors (Lipinski definition) is 3. The Morgan fingerprint density at radius 3 is 2.42 bits per heavy atom. The number of nitrogens with zero attached hydrogens (tertiary/aromatic N) is 3. The van der Waals surface area contributed by atoms with Gasteiger partial charge in [-0.3, -0.25) is 0 Å². The smallest absolute Gasteiger partial charge is 0.163 e. The molecule has 1 rings (SSSR count). The van der Waals surface area contributed by atoms with E-state index in [9.17, 15) is 0 Å². The molecule has 5 heteroatoms. The zero-order chi connectivity index (χ0) is 9.61. The molecule has 5 nitrogen and oxygen atoms in total. The minimum Gasteiger partial charge on any atom is -0.348 e. The van der Waals surface area contributed by atoms with Crippen LogP contribution in [0, 0.1) is 0 Å². The summed E-state index contributed by atoms with van der Waals surface area (Å²) in [5.74, 6) is -0.598. The van der Waals surface area contributed by atoms with Gasteiger partial charge in [-0.25, -0.2) is 0 Å². The number of azide groups is 1. The van der Waals surface area contributed by atoms with Crippen LogP contribution in [0.5, 0.6) is 0 Å². The van der Waals surface area contributed by atoms with Crippen molar-refractivity contribution in [2.24, 2.45) is 5.11 Å². The van der Waals surface area contributed by atoms with Gasteiger partial charge in [-0.2, -0.15) is 0 Å². The third-order valence-corrected chi connectivity index (χ3v) is 1.17. The maximum absolute atomic E-state index is 8.02. The van der Waals surface area contributed by atoms with Gasteiger partial charge >= 0.3 is 0 Å². The normalized spacial score (nSPS) is 25.2. The second-order valence-corrected chi connectivity index (χ2v) is 2.49. The molecule has 0 aliphatic carbocycles. The summed E-state index contributed by atoms with van der Waals surface area (Å²) in [6.07, 6.45) is -0.458. The lowest BCUT2D eigenvalue weighted by Gasteiger charge is -2.15. The van der Waals surface area contributed by atoms with Crippen molar-refractivity contribution in [1.82, 2.24) is 0 Å². The Morgan fingerprint density at radius 2 is 2.08 bits per heavy atom. The van der Waals surface area contributed by atoms with Gasteiger partial charge in [0.25, 0.3) is 0 Å². The van der Waals surface area contributed by atoms with Gasteiger partial charge in [-0.05, 0) is 19.4 Å². The fraction of sp³-hybridized carbons (Fsp3) is 1.00. The second-order valence-electron chi connectivity index (χ2n) is 2.49. The number of rotatable bonds is 1. The van der Waals surface area contributed by atoms with Crippen molar-refractivity contribution in [3.63, 3.8) is 0 Å². The maximum Gasteiger partial charge on any atom is 0.163 e. The largest absolute Gasteiger partial charge is 0.348 e. The predicted molar refractivity (Wildman–Crippen MR) is 45.4 cm³/mol. The first kappa shape index (κ1) is 11.2. The minimum absolute atomic E-state index is 0.344. The topological polar surface area (TPSA) is 67.2 Å². The van der Waals surface area contributed by atoms with E-state index in [0.29, 0.717) is 6.61 Å². The Bertz CT molecular complexity index is 175. The molecule has 1 saturated heterocycles. The molecular formula is C7H15N3O2. The van der Waals surface area contributed by atoms with Crippen LogP contribution in [0.25, 0.3) is 10.4 Å². The molecule has 70 valence electrons. The predicted octanol–water partition coefficient (Wildman–Crippen LogP) is 2.43. The molecule has 0 aromatic carbocycles. The molecule has 0 amide bonds. The highest BCUT2D eigenvalue weighted by Crippen LogP contribution is 2.22.